The lowest BCUT2D eigenvalue weighted by molar-refractivity contribution is 0.0765. The standard InChI is InChI=1S/C16H21N3O2/c20-15(14-7-3-1-4-8-14)18-11-12-19(13-18)16(21)17-9-5-2-6-10-17/h1,3-4,7-8H,2,5-6,9-13H2. The highest BCUT2D eigenvalue weighted by atomic mass is 16.2. The number of likely N-dealkylation sites (tertiary alicyclic amines) is 1. The molecule has 0 aliphatic carbocycles. The first-order valence-electron chi connectivity index (χ1n) is 7.64. The van der Waals surface area contributed by atoms with Crippen LogP contribution >= 0.6 is 0 Å². The third-order valence-electron chi connectivity index (χ3n) is 4.19. The Hall–Kier alpha value is -2.04. The van der Waals surface area contributed by atoms with E-state index in [0.29, 0.717) is 25.3 Å². The Bertz CT molecular complexity index is 512. The van der Waals surface area contributed by atoms with Crippen molar-refractivity contribution in [3.05, 3.63) is 35.9 Å². The minimum Gasteiger partial charge on any atom is -0.325 e. The number of benzene rings is 1. The minimum atomic E-state index is 0.00421. The second-order valence-corrected chi connectivity index (χ2v) is 5.67. The first-order chi connectivity index (χ1) is 10.3. The van der Waals surface area contributed by atoms with Gasteiger partial charge in [0.2, 0.25) is 0 Å². The largest absolute Gasteiger partial charge is 0.325 e. The van der Waals surface area contributed by atoms with Crippen LogP contribution in [0.3, 0.4) is 0 Å². The fourth-order valence-electron chi connectivity index (χ4n) is 2.96. The molecule has 2 fully saturated rings. The molecular formula is C16H21N3O2. The first kappa shape index (κ1) is 13.9. The van der Waals surface area contributed by atoms with Crippen molar-refractivity contribution in [2.75, 3.05) is 32.8 Å². The van der Waals surface area contributed by atoms with Gasteiger partial charge < -0.3 is 14.7 Å². The van der Waals surface area contributed by atoms with Gasteiger partial charge in [0.05, 0.1) is 6.67 Å². The number of nitrogens with zero attached hydrogens (tertiary/aromatic N) is 3. The maximum absolute atomic E-state index is 12.4. The average molecular weight is 287 g/mol. The van der Waals surface area contributed by atoms with E-state index in [0.717, 1.165) is 25.9 Å². The summed E-state index contributed by atoms with van der Waals surface area (Å²) in [6.07, 6.45) is 3.39. The number of urea groups is 1. The quantitative estimate of drug-likeness (QED) is 0.793. The molecule has 0 N–H and O–H groups in total. The van der Waals surface area contributed by atoms with E-state index in [9.17, 15) is 9.59 Å². The zero-order valence-electron chi connectivity index (χ0n) is 12.2. The Labute approximate surface area is 125 Å². The van der Waals surface area contributed by atoms with E-state index in [2.05, 4.69) is 0 Å². The van der Waals surface area contributed by atoms with Gasteiger partial charge in [0.25, 0.3) is 5.91 Å². The summed E-state index contributed by atoms with van der Waals surface area (Å²) in [6, 6.07) is 9.33. The number of hydrogen-bond donors (Lipinski definition) is 0. The Kier molecular flexibility index (Phi) is 4.08. The van der Waals surface area contributed by atoms with Crippen molar-refractivity contribution >= 4 is 11.9 Å². The molecule has 2 aliphatic rings. The Balaban J connectivity index is 1.60. The van der Waals surface area contributed by atoms with E-state index in [1.54, 1.807) is 9.80 Å². The summed E-state index contributed by atoms with van der Waals surface area (Å²) in [5, 5.41) is 0. The minimum absolute atomic E-state index is 0.00421. The van der Waals surface area contributed by atoms with Crippen LogP contribution in [0.2, 0.25) is 0 Å². The molecule has 3 rings (SSSR count). The SMILES string of the molecule is O=C(c1ccccc1)N1CCN(C(=O)N2CCCCC2)C1. The predicted molar refractivity (Wildman–Crippen MR) is 79.9 cm³/mol. The molecule has 0 spiro atoms. The lowest BCUT2D eigenvalue weighted by Crippen LogP contribution is -2.45. The number of hydrogen-bond acceptors (Lipinski definition) is 2. The summed E-state index contributed by atoms with van der Waals surface area (Å²) in [4.78, 5) is 30.2. The van der Waals surface area contributed by atoms with Crippen molar-refractivity contribution in [3.63, 3.8) is 0 Å². The van der Waals surface area contributed by atoms with Crippen LogP contribution in [0, 0.1) is 0 Å². The third-order valence-corrected chi connectivity index (χ3v) is 4.19. The van der Waals surface area contributed by atoms with Crippen LogP contribution in [0.4, 0.5) is 4.79 Å². The van der Waals surface area contributed by atoms with Gasteiger partial charge in [0.15, 0.2) is 0 Å². The molecule has 0 unspecified atom stereocenters. The van der Waals surface area contributed by atoms with Gasteiger partial charge >= 0.3 is 6.03 Å². The molecule has 3 amide bonds. The summed E-state index contributed by atoms with van der Waals surface area (Å²) in [6.45, 7) is 3.36. The maximum atomic E-state index is 12.4. The summed E-state index contributed by atoms with van der Waals surface area (Å²) in [5.74, 6) is 0.00421. The highest BCUT2D eigenvalue weighted by Gasteiger charge is 2.31. The average Bonchev–Trinajstić information content (AvgIpc) is 3.05. The van der Waals surface area contributed by atoms with Crippen LogP contribution in [-0.4, -0.2) is 59.5 Å². The van der Waals surface area contributed by atoms with E-state index in [1.165, 1.54) is 6.42 Å². The lowest BCUT2D eigenvalue weighted by atomic mass is 10.1. The molecule has 0 radical (unpaired) electrons. The van der Waals surface area contributed by atoms with Crippen molar-refractivity contribution < 1.29 is 9.59 Å². The molecule has 21 heavy (non-hydrogen) atoms. The van der Waals surface area contributed by atoms with Gasteiger partial charge in [-0.2, -0.15) is 0 Å². The first-order valence-corrected chi connectivity index (χ1v) is 7.64. The summed E-state index contributed by atoms with van der Waals surface area (Å²) >= 11 is 0. The topological polar surface area (TPSA) is 43.9 Å². The zero-order chi connectivity index (χ0) is 14.7. The van der Waals surface area contributed by atoms with Crippen molar-refractivity contribution in [3.8, 4) is 0 Å². The van der Waals surface area contributed by atoms with Crippen LogP contribution in [0.5, 0.6) is 0 Å². The number of amides is 3. The molecule has 0 bridgehead atoms. The van der Waals surface area contributed by atoms with Gasteiger partial charge in [-0.1, -0.05) is 18.2 Å². The van der Waals surface area contributed by atoms with E-state index in [4.69, 9.17) is 0 Å². The molecular weight excluding hydrogens is 266 g/mol. The highest BCUT2D eigenvalue weighted by Crippen LogP contribution is 2.16. The van der Waals surface area contributed by atoms with E-state index < -0.39 is 0 Å². The Morgan fingerprint density at radius 2 is 1.43 bits per heavy atom. The fourth-order valence-corrected chi connectivity index (χ4v) is 2.96. The summed E-state index contributed by atoms with van der Waals surface area (Å²) in [7, 11) is 0. The monoisotopic (exact) mass is 287 g/mol. The molecule has 112 valence electrons. The molecule has 0 saturated carbocycles. The van der Waals surface area contributed by atoms with Crippen molar-refractivity contribution in [1.29, 1.82) is 0 Å². The number of piperidine rings is 1. The van der Waals surface area contributed by atoms with Crippen molar-refractivity contribution in [2.45, 2.75) is 19.3 Å². The van der Waals surface area contributed by atoms with Crippen LogP contribution < -0.4 is 0 Å². The van der Waals surface area contributed by atoms with Gasteiger partial charge in [0.1, 0.15) is 0 Å². The second-order valence-electron chi connectivity index (χ2n) is 5.67. The summed E-state index contributed by atoms with van der Waals surface area (Å²) in [5.41, 5.74) is 0.685. The maximum Gasteiger partial charge on any atom is 0.321 e. The molecule has 2 saturated heterocycles. The smallest absolute Gasteiger partial charge is 0.321 e. The van der Waals surface area contributed by atoms with E-state index in [1.807, 2.05) is 35.2 Å². The molecule has 1 aromatic rings. The third kappa shape index (κ3) is 3.01. The van der Waals surface area contributed by atoms with Crippen LogP contribution in [0.25, 0.3) is 0 Å². The highest BCUT2D eigenvalue weighted by molar-refractivity contribution is 5.94. The van der Waals surface area contributed by atoms with Gasteiger partial charge in [-0.05, 0) is 31.4 Å². The zero-order valence-corrected chi connectivity index (χ0v) is 12.2. The molecule has 2 aliphatic heterocycles. The number of carbonyl (C=O) groups excluding carboxylic acids is 2. The molecule has 1 aromatic carbocycles. The Morgan fingerprint density at radius 3 is 2.14 bits per heavy atom. The Morgan fingerprint density at radius 1 is 0.762 bits per heavy atom. The number of carbonyl (C=O) groups is 2. The van der Waals surface area contributed by atoms with E-state index >= 15 is 0 Å². The van der Waals surface area contributed by atoms with Crippen LogP contribution in [0.1, 0.15) is 29.6 Å². The van der Waals surface area contributed by atoms with Crippen LogP contribution in [0.15, 0.2) is 30.3 Å². The molecule has 5 heteroatoms. The van der Waals surface area contributed by atoms with Gasteiger partial charge in [-0.25, -0.2) is 4.79 Å². The van der Waals surface area contributed by atoms with Gasteiger partial charge in [0, 0.05) is 31.7 Å². The van der Waals surface area contributed by atoms with Crippen molar-refractivity contribution in [1.82, 2.24) is 14.7 Å². The summed E-state index contributed by atoms with van der Waals surface area (Å²) < 4.78 is 0. The van der Waals surface area contributed by atoms with Crippen molar-refractivity contribution in [2.24, 2.45) is 0 Å². The second kappa shape index (κ2) is 6.16. The molecule has 2 heterocycles. The van der Waals surface area contributed by atoms with Gasteiger partial charge in [-0.15, -0.1) is 0 Å². The predicted octanol–water partition coefficient (Wildman–Crippen LogP) is 2.01. The fraction of sp³-hybridized carbons (Fsp3) is 0.500. The molecule has 0 aromatic heterocycles. The molecule has 0 atom stereocenters. The van der Waals surface area contributed by atoms with E-state index in [-0.39, 0.29) is 11.9 Å². The number of rotatable bonds is 1. The van der Waals surface area contributed by atoms with Gasteiger partial charge in [-0.3, -0.25) is 4.79 Å². The molecule has 5 nitrogen and oxygen atoms in total. The lowest BCUT2D eigenvalue weighted by Gasteiger charge is -2.30. The normalized spacial score (nSPS) is 19.0. The van der Waals surface area contributed by atoms with Crippen LogP contribution in [-0.2, 0) is 0 Å².